The molecular formula is C55H90O6. The fourth-order valence-corrected chi connectivity index (χ4v) is 6.37. The number of esters is 3. The molecule has 0 rings (SSSR count). The lowest BCUT2D eigenvalue weighted by Gasteiger charge is -2.18. The lowest BCUT2D eigenvalue weighted by molar-refractivity contribution is -0.166. The molecular weight excluding hydrogens is 757 g/mol. The Morgan fingerprint density at radius 2 is 0.689 bits per heavy atom. The van der Waals surface area contributed by atoms with E-state index in [1.807, 2.05) is 12.2 Å². The van der Waals surface area contributed by atoms with Gasteiger partial charge in [-0.3, -0.25) is 14.4 Å². The average Bonchev–Trinajstić information content (AvgIpc) is 3.26. The lowest BCUT2D eigenvalue weighted by Crippen LogP contribution is -2.30. The van der Waals surface area contributed by atoms with Gasteiger partial charge in [0.1, 0.15) is 13.2 Å². The number of rotatable bonds is 43. The second-order valence-electron chi connectivity index (χ2n) is 16.0. The van der Waals surface area contributed by atoms with E-state index in [4.69, 9.17) is 14.2 Å². The van der Waals surface area contributed by atoms with Crippen LogP contribution in [0.5, 0.6) is 0 Å². The Morgan fingerprint density at radius 3 is 1.15 bits per heavy atom. The van der Waals surface area contributed by atoms with Gasteiger partial charge in [0.25, 0.3) is 0 Å². The first-order valence-corrected chi connectivity index (χ1v) is 24.7. The molecule has 0 aromatic rings. The summed E-state index contributed by atoms with van der Waals surface area (Å²) in [6, 6.07) is 0. The first-order chi connectivity index (χ1) is 30.0. The molecule has 346 valence electrons. The van der Waals surface area contributed by atoms with Crippen LogP contribution < -0.4 is 0 Å². The van der Waals surface area contributed by atoms with E-state index < -0.39 is 6.10 Å². The van der Waals surface area contributed by atoms with Crippen LogP contribution in [-0.4, -0.2) is 37.2 Å². The molecule has 61 heavy (non-hydrogen) atoms. The van der Waals surface area contributed by atoms with Crippen LogP contribution in [0.15, 0.2) is 97.2 Å². The van der Waals surface area contributed by atoms with Crippen molar-refractivity contribution >= 4 is 17.9 Å². The zero-order chi connectivity index (χ0) is 44.4. The van der Waals surface area contributed by atoms with E-state index in [-0.39, 0.29) is 37.5 Å². The van der Waals surface area contributed by atoms with Gasteiger partial charge in [0.05, 0.1) is 0 Å². The molecule has 0 saturated heterocycles. The Bertz CT molecular complexity index is 1250. The minimum atomic E-state index is -0.813. The predicted octanol–water partition coefficient (Wildman–Crippen LogP) is 16.2. The van der Waals surface area contributed by atoms with Crippen molar-refractivity contribution in [3.8, 4) is 0 Å². The van der Waals surface area contributed by atoms with Gasteiger partial charge >= 0.3 is 17.9 Å². The molecule has 0 aromatic carbocycles. The Labute approximate surface area is 375 Å². The van der Waals surface area contributed by atoms with Crippen LogP contribution in [0.2, 0.25) is 0 Å². The zero-order valence-corrected chi connectivity index (χ0v) is 39.4. The highest BCUT2D eigenvalue weighted by Gasteiger charge is 2.19. The van der Waals surface area contributed by atoms with E-state index in [2.05, 4.69) is 106 Å². The number of unbranched alkanes of at least 4 members (excludes halogenated alkanes) is 16. The third kappa shape index (κ3) is 47.2. The van der Waals surface area contributed by atoms with Gasteiger partial charge in [0, 0.05) is 19.3 Å². The van der Waals surface area contributed by atoms with Gasteiger partial charge in [-0.1, -0.05) is 208 Å². The maximum atomic E-state index is 12.8. The van der Waals surface area contributed by atoms with Crippen molar-refractivity contribution in [3.63, 3.8) is 0 Å². The van der Waals surface area contributed by atoms with E-state index in [0.717, 1.165) is 103 Å². The monoisotopic (exact) mass is 847 g/mol. The summed E-state index contributed by atoms with van der Waals surface area (Å²) in [6.45, 7) is 6.38. The summed E-state index contributed by atoms with van der Waals surface area (Å²) < 4.78 is 16.7. The first-order valence-electron chi connectivity index (χ1n) is 24.7. The van der Waals surface area contributed by atoms with Crippen LogP contribution in [0, 0.1) is 0 Å². The highest BCUT2D eigenvalue weighted by Crippen LogP contribution is 2.13. The van der Waals surface area contributed by atoms with Crippen molar-refractivity contribution < 1.29 is 28.6 Å². The molecule has 0 aliphatic heterocycles. The summed E-state index contributed by atoms with van der Waals surface area (Å²) in [7, 11) is 0. The van der Waals surface area contributed by atoms with Crippen molar-refractivity contribution in [2.75, 3.05) is 13.2 Å². The normalized spacial score (nSPS) is 12.9. The van der Waals surface area contributed by atoms with Crippen LogP contribution in [0.25, 0.3) is 0 Å². The maximum Gasteiger partial charge on any atom is 0.306 e. The fourth-order valence-electron chi connectivity index (χ4n) is 6.37. The topological polar surface area (TPSA) is 78.9 Å². The predicted molar refractivity (Wildman–Crippen MR) is 260 cm³/mol. The molecule has 1 atom stereocenters. The zero-order valence-electron chi connectivity index (χ0n) is 39.4. The second kappa shape index (κ2) is 49.0. The van der Waals surface area contributed by atoms with E-state index in [0.29, 0.717) is 19.3 Å². The Morgan fingerprint density at radius 1 is 0.344 bits per heavy atom. The molecule has 6 heteroatoms. The number of hydrogen-bond acceptors (Lipinski definition) is 6. The van der Waals surface area contributed by atoms with Gasteiger partial charge in [-0.25, -0.2) is 0 Å². The molecule has 6 nitrogen and oxygen atoms in total. The van der Waals surface area contributed by atoms with Crippen molar-refractivity contribution in [2.24, 2.45) is 0 Å². The van der Waals surface area contributed by atoms with Crippen LogP contribution in [0.4, 0.5) is 0 Å². The quantitative estimate of drug-likeness (QED) is 0.0263. The number of carbonyl (C=O) groups excluding carboxylic acids is 3. The summed E-state index contributed by atoms with van der Waals surface area (Å²) in [5, 5.41) is 0. The standard InChI is InChI=1S/C55H90O6/c1-4-7-10-13-16-19-22-24-26-27-28-29-30-32-33-36-39-42-45-48-54(57)60-51-52(50-59-53(56)47-44-41-38-35-21-18-15-12-9-6-3)61-55(58)49-46-43-40-37-34-31-25-23-20-17-14-11-8-5-2/h7,10,14,16-17,19,23-26,28-29,32-33,39,42,52H,4-6,8-9,11-13,15,18,20-22,27,30-31,34-38,40-41,43-51H2,1-3H3/b10-7-,17-14-,19-16-,25-23-,26-24-,29-28-,33-32-,42-39-/t52-/m1/s1. The summed E-state index contributed by atoms with van der Waals surface area (Å²) in [5.41, 5.74) is 0. The molecule has 0 unspecified atom stereocenters. The molecule has 0 radical (unpaired) electrons. The van der Waals surface area contributed by atoms with E-state index in [9.17, 15) is 14.4 Å². The number of hydrogen-bond donors (Lipinski definition) is 0. The molecule has 0 amide bonds. The summed E-state index contributed by atoms with van der Waals surface area (Å²) >= 11 is 0. The van der Waals surface area contributed by atoms with Gasteiger partial charge < -0.3 is 14.2 Å². The Kier molecular flexibility index (Phi) is 46.0. The number of ether oxygens (including phenoxy) is 3. The van der Waals surface area contributed by atoms with Crippen LogP contribution in [0.3, 0.4) is 0 Å². The summed E-state index contributed by atoms with van der Waals surface area (Å²) in [6.07, 6.45) is 64.0. The Balaban J connectivity index is 4.51. The minimum Gasteiger partial charge on any atom is -0.462 e. The van der Waals surface area contributed by atoms with E-state index in [1.54, 1.807) is 0 Å². The maximum absolute atomic E-state index is 12.8. The number of allylic oxidation sites excluding steroid dienone is 16. The summed E-state index contributed by atoms with van der Waals surface area (Å²) in [5.74, 6) is -1.02. The lowest BCUT2D eigenvalue weighted by atomic mass is 10.1. The van der Waals surface area contributed by atoms with Crippen LogP contribution in [0.1, 0.15) is 213 Å². The molecule has 0 heterocycles. The molecule has 0 aromatic heterocycles. The number of carbonyl (C=O) groups is 3. The molecule has 0 saturated carbocycles. The largest absolute Gasteiger partial charge is 0.462 e. The smallest absolute Gasteiger partial charge is 0.306 e. The van der Waals surface area contributed by atoms with Gasteiger partial charge in [0.2, 0.25) is 0 Å². The van der Waals surface area contributed by atoms with Crippen LogP contribution >= 0.6 is 0 Å². The third-order valence-corrected chi connectivity index (χ3v) is 10.1. The minimum absolute atomic E-state index is 0.106. The van der Waals surface area contributed by atoms with E-state index >= 15 is 0 Å². The van der Waals surface area contributed by atoms with Gasteiger partial charge in [0.15, 0.2) is 6.10 Å². The van der Waals surface area contributed by atoms with Gasteiger partial charge in [-0.05, 0) is 83.5 Å². The molecule has 0 bridgehead atoms. The van der Waals surface area contributed by atoms with Crippen molar-refractivity contribution in [3.05, 3.63) is 97.2 Å². The molecule has 0 spiro atoms. The average molecular weight is 847 g/mol. The SMILES string of the molecule is CC/C=C\C/C=C\C/C=C\C/C=C\C/C=C\C/C=C\CCC(=O)OC[C@@H](COC(=O)CCCCCCCCCCCC)OC(=O)CCCCCCC/C=C\C/C=C\CCCC. The summed E-state index contributed by atoms with van der Waals surface area (Å²) in [4.78, 5) is 37.8. The first kappa shape index (κ1) is 57.3. The molecule has 0 fully saturated rings. The van der Waals surface area contributed by atoms with Crippen molar-refractivity contribution in [1.29, 1.82) is 0 Å². The highest BCUT2D eigenvalue weighted by atomic mass is 16.6. The van der Waals surface area contributed by atoms with E-state index in [1.165, 1.54) is 64.2 Å². The van der Waals surface area contributed by atoms with Crippen molar-refractivity contribution in [1.82, 2.24) is 0 Å². The van der Waals surface area contributed by atoms with Crippen molar-refractivity contribution in [2.45, 2.75) is 219 Å². The highest BCUT2D eigenvalue weighted by molar-refractivity contribution is 5.71. The third-order valence-electron chi connectivity index (χ3n) is 10.1. The van der Waals surface area contributed by atoms with Gasteiger partial charge in [-0.2, -0.15) is 0 Å². The Hall–Kier alpha value is -3.67. The second-order valence-corrected chi connectivity index (χ2v) is 16.0. The van der Waals surface area contributed by atoms with Gasteiger partial charge in [-0.15, -0.1) is 0 Å². The fraction of sp³-hybridized carbons (Fsp3) is 0.655. The molecule has 0 aliphatic carbocycles. The molecule has 0 N–H and O–H groups in total. The molecule has 0 aliphatic rings. The van der Waals surface area contributed by atoms with Crippen LogP contribution in [-0.2, 0) is 28.6 Å².